The molecule has 2 saturated heterocycles. The van der Waals surface area contributed by atoms with E-state index >= 15 is 0 Å². The first-order valence-corrected chi connectivity index (χ1v) is 10.7. The number of benzene rings is 2. The molecule has 2 aliphatic rings. The van der Waals surface area contributed by atoms with E-state index in [1.807, 2.05) is 47.4 Å². The number of amides is 2. The third-order valence-corrected chi connectivity index (χ3v) is 6.59. The van der Waals surface area contributed by atoms with Gasteiger partial charge in [-0.15, -0.1) is 0 Å². The first kappa shape index (κ1) is 18.1. The maximum atomic E-state index is 13.4. The molecule has 2 aliphatic heterocycles. The summed E-state index contributed by atoms with van der Waals surface area (Å²) in [6.45, 7) is 0. The van der Waals surface area contributed by atoms with Crippen molar-refractivity contribution in [1.29, 1.82) is 0 Å². The number of rotatable bonds is 3. The van der Waals surface area contributed by atoms with Crippen molar-refractivity contribution in [3.8, 4) is 0 Å². The monoisotopic (exact) mass is 414 g/mol. The number of H-pyrrole nitrogens is 2. The molecule has 4 heterocycles. The number of imidazole rings is 2. The average Bonchev–Trinajstić information content (AvgIpc) is 3.49. The van der Waals surface area contributed by atoms with Crippen LogP contribution in [0.4, 0.5) is 0 Å². The summed E-state index contributed by atoms with van der Waals surface area (Å²) in [7, 11) is 0. The van der Waals surface area contributed by atoms with Crippen LogP contribution in [0.15, 0.2) is 48.8 Å². The molecule has 0 aliphatic carbocycles. The van der Waals surface area contributed by atoms with Crippen molar-refractivity contribution < 1.29 is 9.59 Å². The second kappa shape index (κ2) is 6.94. The van der Waals surface area contributed by atoms with Gasteiger partial charge in [0.2, 0.25) is 0 Å². The molecule has 8 nitrogen and oxygen atoms in total. The van der Waals surface area contributed by atoms with Gasteiger partial charge in [0, 0.05) is 18.1 Å². The van der Waals surface area contributed by atoms with Crippen LogP contribution in [0.1, 0.15) is 46.7 Å². The number of hydrogen-bond donors (Lipinski definition) is 3. The molecule has 8 heteroatoms. The fourth-order valence-electron chi connectivity index (χ4n) is 5.22. The molecule has 2 bridgehead atoms. The van der Waals surface area contributed by atoms with Gasteiger partial charge in [0.1, 0.15) is 5.52 Å². The smallest absolute Gasteiger partial charge is 0.287 e. The number of aromatic nitrogens is 4. The number of aromatic amines is 2. The van der Waals surface area contributed by atoms with Gasteiger partial charge in [-0.2, -0.15) is 0 Å². The van der Waals surface area contributed by atoms with Crippen molar-refractivity contribution in [1.82, 2.24) is 30.2 Å². The van der Waals surface area contributed by atoms with Crippen LogP contribution < -0.4 is 5.32 Å². The van der Waals surface area contributed by atoms with Gasteiger partial charge in [-0.1, -0.05) is 18.2 Å². The molecule has 0 radical (unpaired) electrons. The van der Waals surface area contributed by atoms with Crippen molar-refractivity contribution in [3.63, 3.8) is 0 Å². The first-order valence-electron chi connectivity index (χ1n) is 10.7. The van der Waals surface area contributed by atoms with Crippen LogP contribution in [-0.4, -0.2) is 54.8 Å². The van der Waals surface area contributed by atoms with Gasteiger partial charge >= 0.3 is 0 Å². The van der Waals surface area contributed by atoms with Crippen LogP contribution in [0.5, 0.6) is 0 Å². The number of para-hydroxylation sites is 3. The van der Waals surface area contributed by atoms with Crippen LogP contribution in [0.3, 0.4) is 0 Å². The molecule has 2 aromatic heterocycles. The van der Waals surface area contributed by atoms with E-state index in [4.69, 9.17) is 0 Å². The molecule has 2 atom stereocenters. The second-order valence-corrected chi connectivity index (χ2v) is 8.45. The van der Waals surface area contributed by atoms with E-state index in [9.17, 15) is 9.59 Å². The number of nitrogens with zero attached hydrogens (tertiary/aromatic N) is 3. The molecule has 2 fully saturated rings. The van der Waals surface area contributed by atoms with Crippen molar-refractivity contribution in [2.45, 2.75) is 43.8 Å². The second-order valence-electron chi connectivity index (χ2n) is 8.45. The van der Waals surface area contributed by atoms with Gasteiger partial charge in [-0.3, -0.25) is 9.59 Å². The lowest BCUT2D eigenvalue weighted by Crippen LogP contribution is -2.52. The molecule has 4 aromatic rings. The molecule has 0 saturated carbocycles. The zero-order valence-corrected chi connectivity index (χ0v) is 16.8. The summed E-state index contributed by atoms with van der Waals surface area (Å²) in [6, 6.07) is 13.5. The Labute approximate surface area is 178 Å². The highest BCUT2D eigenvalue weighted by Crippen LogP contribution is 2.37. The number of nitrogens with one attached hydrogen (secondary N) is 3. The van der Waals surface area contributed by atoms with Crippen LogP contribution in [0.2, 0.25) is 0 Å². The summed E-state index contributed by atoms with van der Waals surface area (Å²) in [5, 5.41) is 3.13. The largest absolute Gasteiger partial charge is 0.346 e. The number of fused-ring (bicyclic) bond motifs is 4. The minimum absolute atomic E-state index is 0.0310. The third kappa shape index (κ3) is 2.98. The third-order valence-electron chi connectivity index (χ3n) is 6.59. The lowest BCUT2D eigenvalue weighted by molar-refractivity contribution is 0.0550. The molecule has 156 valence electrons. The van der Waals surface area contributed by atoms with Gasteiger partial charge in [-0.05, 0) is 49.9 Å². The lowest BCUT2D eigenvalue weighted by Gasteiger charge is -2.39. The molecule has 6 rings (SSSR count). The SMILES string of the molecule is O=C(NC1C[C@H]2CC[C@H](C1)N2C(=O)c1cccc2[nH]cnc12)c1nc2ccccc2[nH]1. The van der Waals surface area contributed by atoms with E-state index < -0.39 is 0 Å². The van der Waals surface area contributed by atoms with Crippen molar-refractivity contribution in [3.05, 3.63) is 60.2 Å². The Morgan fingerprint density at radius 3 is 2.58 bits per heavy atom. The zero-order chi connectivity index (χ0) is 20.9. The molecule has 2 aromatic carbocycles. The van der Waals surface area contributed by atoms with Crippen LogP contribution in [-0.2, 0) is 0 Å². The number of hydrogen-bond acceptors (Lipinski definition) is 4. The van der Waals surface area contributed by atoms with Crippen molar-refractivity contribution in [2.24, 2.45) is 0 Å². The first-order chi connectivity index (χ1) is 15.2. The summed E-state index contributed by atoms with van der Waals surface area (Å²) in [6.07, 6.45) is 5.05. The fourth-order valence-corrected chi connectivity index (χ4v) is 5.22. The molecular formula is C23H22N6O2. The Hall–Kier alpha value is -3.68. The van der Waals surface area contributed by atoms with E-state index in [0.717, 1.165) is 42.2 Å². The zero-order valence-electron chi connectivity index (χ0n) is 16.8. The summed E-state index contributed by atoms with van der Waals surface area (Å²) in [5.41, 5.74) is 3.85. The molecule has 31 heavy (non-hydrogen) atoms. The topological polar surface area (TPSA) is 107 Å². The van der Waals surface area contributed by atoms with Crippen LogP contribution in [0.25, 0.3) is 22.1 Å². The Morgan fingerprint density at radius 2 is 1.77 bits per heavy atom. The molecule has 2 amide bonds. The minimum Gasteiger partial charge on any atom is -0.346 e. The Kier molecular flexibility index (Phi) is 4.05. The van der Waals surface area contributed by atoms with Crippen LogP contribution in [0, 0.1) is 0 Å². The van der Waals surface area contributed by atoms with E-state index in [0.29, 0.717) is 16.9 Å². The Balaban J connectivity index is 1.19. The summed E-state index contributed by atoms with van der Waals surface area (Å²) in [4.78, 5) is 43.1. The van der Waals surface area contributed by atoms with Gasteiger partial charge in [0.25, 0.3) is 11.8 Å². The molecular weight excluding hydrogens is 392 g/mol. The minimum atomic E-state index is -0.193. The van der Waals surface area contributed by atoms with Crippen molar-refractivity contribution >= 4 is 33.9 Å². The fraction of sp³-hybridized carbons (Fsp3) is 0.304. The predicted molar refractivity (Wildman–Crippen MR) is 116 cm³/mol. The van der Waals surface area contributed by atoms with Crippen LogP contribution >= 0.6 is 0 Å². The molecule has 0 unspecified atom stereocenters. The van der Waals surface area contributed by atoms with Crippen molar-refractivity contribution in [2.75, 3.05) is 0 Å². The van der Waals surface area contributed by atoms with Gasteiger partial charge < -0.3 is 20.2 Å². The number of piperidine rings is 1. The highest BCUT2D eigenvalue weighted by atomic mass is 16.2. The van der Waals surface area contributed by atoms with Gasteiger partial charge in [-0.25, -0.2) is 9.97 Å². The predicted octanol–water partition coefficient (Wildman–Crippen LogP) is 3.00. The maximum absolute atomic E-state index is 13.4. The Bertz CT molecular complexity index is 1260. The van der Waals surface area contributed by atoms with Gasteiger partial charge in [0.15, 0.2) is 5.82 Å². The summed E-state index contributed by atoms with van der Waals surface area (Å²) in [5.74, 6) is 0.172. The summed E-state index contributed by atoms with van der Waals surface area (Å²) >= 11 is 0. The normalized spacial score (nSPS) is 22.8. The van der Waals surface area contributed by atoms with E-state index in [1.54, 1.807) is 6.33 Å². The standard InChI is InChI=1S/C23H22N6O2/c30-22(21-27-17-5-1-2-6-18(17)28-21)26-13-10-14-8-9-15(11-13)29(14)23(31)16-4-3-7-19-20(16)25-12-24-19/h1-7,12-15H,8-11H2,(H,24,25)(H,26,30)(H,27,28)/t14-,15-/m1/s1. The maximum Gasteiger partial charge on any atom is 0.287 e. The highest BCUT2D eigenvalue weighted by molar-refractivity contribution is 6.05. The highest BCUT2D eigenvalue weighted by Gasteiger charge is 2.44. The molecule has 0 spiro atoms. The van der Waals surface area contributed by atoms with E-state index in [-0.39, 0.29) is 29.9 Å². The molecule has 3 N–H and O–H groups in total. The average molecular weight is 414 g/mol. The van der Waals surface area contributed by atoms with E-state index in [2.05, 4.69) is 25.3 Å². The summed E-state index contributed by atoms with van der Waals surface area (Å²) < 4.78 is 0. The Morgan fingerprint density at radius 1 is 1.00 bits per heavy atom. The number of carbonyl (C=O) groups excluding carboxylic acids is 2. The number of carbonyl (C=O) groups is 2. The quantitative estimate of drug-likeness (QED) is 0.479. The van der Waals surface area contributed by atoms with E-state index in [1.165, 1.54) is 0 Å². The van der Waals surface area contributed by atoms with Gasteiger partial charge in [0.05, 0.1) is 28.4 Å². The lowest BCUT2D eigenvalue weighted by atomic mass is 9.96.